The van der Waals surface area contributed by atoms with E-state index in [2.05, 4.69) is 4.99 Å². The van der Waals surface area contributed by atoms with Gasteiger partial charge in [-0.15, -0.1) is 0 Å². The van der Waals surface area contributed by atoms with Crippen molar-refractivity contribution in [3.8, 4) is 5.75 Å². The predicted octanol–water partition coefficient (Wildman–Crippen LogP) is 4.75. The largest absolute Gasteiger partial charge is 0.422 e. The summed E-state index contributed by atoms with van der Waals surface area (Å²) in [5.74, 6) is -0.310. The fourth-order valence-corrected chi connectivity index (χ4v) is 3.07. The summed E-state index contributed by atoms with van der Waals surface area (Å²) in [6.07, 6.45) is 1.99. The molecule has 3 aromatic carbocycles. The molecule has 148 valence electrons. The number of hydrogen-bond acceptors (Lipinski definition) is 5. The van der Waals surface area contributed by atoms with Crippen molar-refractivity contribution in [1.29, 1.82) is 0 Å². The molecule has 0 radical (unpaired) electrons. The van der Waals surface area contributed by atoms with Crippen LogP contribution in [0.5, 0.6) is 5.75 Å². The quantitative estimate of drug-likeness (QED) is 0.354. The molecule has 0 N–H and O–H groups in total. The van der Waals surface area contributed by atoms with Gasteiger partial charge < -0.3 is 9.47 Å². The van der Waals surface area contributed by atoms with E-state index >= 15 is 0 Å². The third-order valence-corrected chi connectivity index (χ3v) is 4.53. The Balaban J connectivity index is 1.56. The van der Waals surface area contributed by atoms with E-state index in [9.17, 15) is 9.59 Å². The first-order chi connectivity index (χ1) is 14.6. The number of rotatable bonds is 5. The second kappa shape index (κ2) is 8.57. The molecule has 1 aliphatic heterocycles. The van der Waals surface area contributed by atoms with E-state index in [1.54, 1.807) is 48.5 Å². The number of hydrogen-bond donors (Lipinski definition) is 0. The summed E-state index contributed by atoms with van der Waals surface area (Å²) in [6, 6.07) is 23.8. The minimum atomic E-state index is -0.527. The van der Waals surface area contributed by atoms with Gasteiger partial charge >= 0.3 is 11.9 Å². The Labute approximate surface area is 174 Å². The van der Waals surface area contributed by atoms with Gasteiger partial charge in [0.1, 0.15) is 5.75 Å². The lowest BCUT2D eigenvalue weighted by Crippen LogP contribution is -2.09. The summed E-state index contributed by atoms with van der Waals surface area (Å²) in [5, 5.41) is 0. The Hall–Kier alpha value is -3.99. The minimum absolute atomic E-state index is 0.167. The first kappa shape index (κ1) is 19.3. The first-order valence-electron chi connectivity index (χ1n) is 9.52. The number of esters is 2. The van der Waals surface area contributed by atoms with Crippen LogP contribution < -0.4 is 4.74 Å². The second-order valence-corrected chi connectivity index (χ2v) is 6.88. The fraction of sp³-hybridized carbons (Fsp3) is 0.0800. The molecule has 1 heterocycles. The number of benzene rings is 3. The first-order valence-corrected chi connectivity index (χ1v) is 9.52. The van der Waals surface area contributed by atoms with Crippen LogP contribution in [0.15, 0.2) is 89.6 Å². The molecule has 0 spiro atoms. The molecule has 3 aromatic rings. The Kier molecular flexibility index (Phi) is 5.52. The van der Waals surface area contributed by atoms with E-state index in [4.69, 9.17) is 9.47 Å². The number of aliphatic imine (C=N–C) groups is 1. The van der Waals surface area contributed by atoms with Crippen molar-refractivity contribution in [3.63, 3.8) is 0 Å². The molecule has 0 fully saturated rings. The zero-order chi connectivity index (χ0) is 20.9. The fourth-order valence-electron chi connectivity index (χ4n) is 3.07. The highest BCUT2D eigenvalue weighted by Crippen LogP contribution is 2.25. The summed E-state index contributed by atoms with van der Waals surface area (Å²) in [4.78, 5) is 29.1. The van der Waals surface area contributed by atoms with E-state index in [0.29, 0.717) is 29.2 Å². The Morgan fingerprint density at radius 2 is 1.77 bits per heavy atom. The van der Waals surface area contributed by atoms with Crippen molar-refractivity contribution in [2.24, 2.45) is 4.99 Å². The van der Waals surface area contributed by atoms with E-state index in [0.717, 1.165) is 11.1 Å². The summed E-state index contributed by atoms with van der Waals surface area (Å²) in [5.41, 5.74) is 3.16. The number of carbonyl (C=O) groups excluding carboxylic acids is 2. The zero-order valence-corrected chi connectivity index (χ0v) is 16.4. The predicted molar refractivity (Wildman–Crippen MR) is 114 cm³/mol. The average molecular weight is 397 g/mol. The van der Waals surface area contributed by atoms with Gasteiger partial charge in [-0.25, -0.2) is 14.6 Å². The maximum Gasteiger partial charge on any atom is 0.363 e. The lowest BCUT2D eigenvalue weighted by Gasteiger charge is -2.08. The molecule has 1 aliphatic rings. The number of ether oxygens (including phenoxy) is 2. The van der Waals surface area contributed by atoms with Crippen molar-refractivity contribution < 1.29 is 19.1 Å². The molecule has 0 amide bonds. The van der Waals surface area contributed by atoms with Gasteiger partial charge in [0.05, 0.1) is 5.56 Å². The highest BCUT2D eigenvalue weighted by molar-refractivity contribution is 6.07. The van der Waals surface area contributed by atoms with Gasteiger partial charge in [0, 0.05) is 12.0 Å². The molecule has 0 bridgehead atoms. The number of nitrogens with zero attached hydrogens (tertiary/aromatic N) is 1. The molecule has 0 aliphatic carbocycles. The molecule has 0 saturated heterocycles. The highest BCUT2D eigenvalue weighted by Gasteiger charge is 2.23. The smallest absolute Gasteiger partial charge is 0.363 e. The molecule has 0 saturated carbocycles. The van der Waals surface area contributed by atoms with Crippen LogP contribution in [0.2, 0.25) is 0 Å². The number of aryl methyl sites for hydroxylation is 1. The molecule has 5 heteroatoms. The van der Waals surface area contributed by atoms with Crippen molar-refractivity contribution in [2.45, 2.75) is 13.3 Å². The summed E-state index contributed by atoms with van der Waals surface area (Å²) < 4.78 is 10.9. The SMILES string of the molecule is Cc1cccc(C(=O)Oc2ccccc2/C=C2/N=C(Cc3ccccc3)OC2=O)c1. The van der Waals surface area contributed by atoms with Gasteiger partial charge in [-0.2, -0.15) is 0 Å². The third-order valence-electron chi connectivity index (χ3n) is 4.53. The number of carbonyl (C=O) groups is 2. The van der Waals surface area contributed by atoms with Crippen LogP contribution in [0.4, 0.5) is 0 Å². The Morgan fingerprint density at radius 1 is 1.00 bits per heavy atom. The topological polar surface area (TPSA) is 65.0 Å². The van der Waals surface area contributed by atoms with Crippen molar-refractivity contribution in [2.75, 3.05) is 0 Å². The van der Waals surface area contributed by atoms with Crippen LogP contribution >= 0.6 is 0 Å². The lowest BCUT2D eigenvalue weighted by molar-refractivity contribution is -0.130. The van der Waals surface area contributed by atoms with E-state index < -0.39 is 11.9 Å². The van der Waals surface area contributed by atoms with Gasteiger partial charge in [-0.1, -0.05) is 66.2 Å². The highest BCUT2D eigenvalue weighted by atomic mass is 16.6. The molecular formula is C25H19NO4. The maximum absolute atomic E-state index is 12.5. The van der Waals surface area contributed by atoms with E-state index in [1.807, 2.05) is 43.3 Å². The summed E-state index contributed by atoms with van der Waals surface area (Å²) in [6.45, 7) is 1.91. The van der Waals surface area contributed by atoms with Crippen molar-refractivity contribution >= 4 is 23.9 Å². The van der Waals surface area contributed by atoms with Gasteiger partial charge in [0.15, 0.2) is 5.70 Å². The molecule has 5 nitrogen and oxygen atoms in total. The minimum Gasteiger partial charge on any atom is -0.422 e. The normalized spacial score (nSPS) is 14.4. The summed E-state index contributed by atoms with van der Waals surface area (Å²) in [7, 11) is 0. The standard InChI is InChI=1S/C25H19NO4/c1-17-8-7-12-20(14-17)24(27)29-22-13-6-5-11-19(22)16-21-25(28)30-23(26-21)15-18-9-3-2-4-10-18/h2-14,16H,15H2,1H3/b21-16+. The van der Waals surface area contributed by atoms with Crippen LogP contribution in [0, 0.1) is 6.92 Å². The molecule has 0 unspecified atom stereocenters. The van der Waals surface area contributed by atoms with Crippen molar-refractivity contribution in [1.82, 2.24) is 0 Å². The van der Waals surface area contributed by atoms with Crippen molar-refractivity contribution in [3.05, 3.63) is 107 Å². The average Bonchev–Trinajstić information content (AvgIpc) is 3.08. The number of para-hydroxylation sites is 1. The molecular weight excluding hydrogens is 378 g/mol. The second-order valence-electron chi connectivity index (χ2n) is 6.88. The third kappa shape index (κ3) is 4.52. The van der Waals surface area contributed by atoms with Gasteiger partial charge in [0.2, 0.25) is 5.90 Å². The molecule has 4 rings (SSSR count). The van der Waals surface area contributed by atoms with E-state index in [-0.39, 0.29) is 5.70 Å². The molecule has 0 aromatic heterocycles. The van der Waals surface area contributed by atoms with Crippen LogP contribution in [0.25, 0.3) is 6.08 Å². The zero-order valence-electron chi connectivity index (χ0n) is 16.4. The monoisotopic (exact) mass is 397 g/mol. The van der Waals surface area contributed by atoms with Crippen LogP contribution in [-0.2, 0) is 16.0 Å². The Bertz CT molecular complexity index is 1160. The van der Waals surface area contributed by atoms with Gasteiger partial charge in [0.25, 0.3) is 0 Å². The van der Waals surface area contributed by atoms with Gasteiger partial charge in [-0.3, -0.25) is 0 Å². The van der Waals surface area contributed by atoms with Crippen LogP contribution in [0.1, 0.15) is 27.0 Å². The Morgan fingerprint density at radius 3 is 2.57 bits per heavy atom. The van der Waals surface area contributed by atoms with Crippen LogP contribution in [-0.4, -0.2) is 17.8 Å². The molecule has 30 heavy (non-hydrogen) atoms. The lowest BCUT2D eigenvalue weighted by atomic mass is 10.1. The maximum atomic E-state index is 12.5. The summed E-state index contributed by atoms with van der Waals surface area (Å²) >= 11 is 0. The van der Waals surface area contributed by atoms with Gasteiger partial charge in [-0.05, 0) is 36.8 Å². The molecule has 0 atom stereocenters. The van der Waals surface area contributed by atoms with Crippen LogP contribution in [0.3, 0.4) is 0 Å². The number of cyclic esters (lactones) is 1. The van der Waals surface area contributed by atoms with E-state index in [1.165, 1.54) is 0 Å².